The smallest absolute Gasteiger partial charge is 0.241 e. The number of carbonyl (C=O) groups is 1. The number of amides is 1. The summed E-state index contributed by atoms with van der Waals surface area (Å²) in [7, 11) is 3.58. The summed E-state index contributed by atoms with van der Waals surface area (Å²) in [6, 6.07) is 17.3. The maximum absolute atomic E-state index is 12.5. The standard InChI is InChI=1S/C25H36N6O.HI/c1-20-17-23(13-16-31(20)19-21-9-5-4-6-10-21)29-25(26-2)28-18-24(32)30(3)15-12-22-11-7-8-14-27-22;/h4-11,14,20,23H,12-13,15-19H2,1-3H3,(H2,26,28,29);1H. The van der Waals surface area contributed by atoms with Crippen molar-refractivity contribution >= 4 is 35.8 Å². The quantitative estimate of drug-likeness (QED) is 0.293. The third kappa shape index (κ3) is 8.92. The van der Waals surface area contributed by atoms with E-state index in [-0.39, 0.29) is 36.4 Å². The molecule has 1 aromatic heterocycles. The van der Waals surface area contributed by atoms with Gasteiger partial charge in [0.25, 0.3) is 0 Å². The second kappa shape index (κ2) is 14.1. The van der Waals surface area contributed by atoms with Gasteiger partial charge in [0.15, 0.2) is 5.96 Å². The van der Waals surface area contributed by atoms with E-state index in [2.05, 4.69) is 62.8 Å². The number of aliphatic imine (C=N–C) groups is 1. The van der Waals surface area contributed by atoms with Crippen molar-refractivity contribution in [3.63, 3.8) is 0 Å². The van der Waals surface area contributed by atoms with Gasteiger partial charge in [0.1, 0.15) is 0 Å². The van der Waals surface area contributed by atoms with Crippen LogP contribution in [0.3, 0.4) is 0 Å². The molecule has 1 aliphatic heterocycles. The molecule has 0 aliphatic carbocycles. The van der Waals surface area contributed by atoms with Gasteiger partial charge in [-0.15, -0.1) is 24.0 Å². The van der Waals surface area contributed by atoms with Crippen LogP contribution >= 0.6 is 24.0 Å². The van der Waals surface area contributed by atoms with Crippen molar-refractivity contribution < 1.29 is 4.79 Å². The first-order valence-corrected chi connectivity index (χ1v) is 11.4. The van der Waals surface area contributed by atoms with Crippen LogP contribution in [-0.2, 0) is 17.8 Å². The highest BCUT2D eigenvalue weighted by molar-refractivity contribution is 14.0. The van der Waals surface area contributed by atoms with Crippen LogP contribution in [0.15, 0.2) is 59.7 Å². The predicted octanol–water partition coefficient (Wildman–Crippen LogP) is 2.92. The Balaban J connectivity index is 0.00000385. The van der Waals surface area contributed by atoms with Crippen LogP contribution in [0.2, 0.25) is 0 Å². The minimum Gasteiger partial charge on any atom is -0.354 e. The Morgan fingerprint density at radius 2 is 1.97 bits per heavy atom. The molecular weight excluding hydrogens is 527 g/mol. The Bertz CT molecular complexity index is 864. The molecule has 2 N–H and O–H groups in total. The van der Waals surface area contributed by atoms with E-state index < -0.39 is 0 Å². The Labute approximate surface area is 215 Å². The van der Waals surface area contributed by atoms with E-state index in [4.69, 9.17) is 0 Å². The van der Waals surface area contributed by atoms with E-state index >= 15 is 0 Å². The summed E-state index contributed by atoms with van der Waals surface area (Å²) in [5.41, 5.74) is 2.35. The number of benzene rings is 1. The second-order valence-electron chi connectivity index (χ2n) is 8.48. The van der Waals surface area contributed by atoms with Crippen molar-refractivity contribution in [2.45, 2.75) is 44.8 Å². The maximum atomic E-state index is 12.5. The molecule has 0 radical (unpaired) electrons. The molecule has 2 aromatic rings. The fourth-order valence-electron chi connectivity index (χ4n) is 4.04. The Morgan fingerprint density at radius 3 is 2.64 bits per heavy atom. The van der Waals surface area contributed by atoms with Gasteiger partial charge in [-0.1, -0.05) is 36.4 Å². The summed E-state index contributed by atoms with van der Waals surface area (Å²) >= 11 is 0. The third-order valence-electron chi connectivity index (χ3n) is 6.07. The molecule has 180 valence electrons. The lowest BCUT2D eigenvalue weighted by Crippen LogP contribution is -2.52. The zero-order chi connectivity index (χ0) is 22.8. The molecule has 1 fully saturated rings. The average molecular weight is 565 g/mol. The predicted molar refractivity (Wildman–Crippen MR) is 145 cm³/mol. The largest absolute Gasteiger partial charge is 0.354 e. The normalized spacial score (nSPS) is 18.8. The van der Waals surface area contributed by atoms with Gasteiger partial charge < -0.3 is 15.5 Å². The molecule has 1 amide bonds. The van der Waals surface area contributed by atoms with Crippen LogP contribution in [0.5, 0.6) is 0 Å². The molecule has 1 aliphatic rings. The van der Waals surface area contributed by atoms with Crippen molar-refractivity contribution in [1.82, 2.24) is 25.4 Å². The van der Waals surface area contributed by atoms with Crippen molar-refractivity contribution in [2.24, 2.45) is 4.99 Å². The summed E-state index contributed by atoms with van der Waals surface area (Å²) in [5, 5.41) is 6.68. The first kappa shape index (κ1) is 27.0. The summed E-state index contributed by atoms with van der Waals surface area (Å²) in [6.45, 7) is 5.18. The van der Waals surface area contributed by atoms with Crippen LogP contribution < -0.4 is 10.6 Å². The molecule has 2 unspecified atom stereocenters. The first-order chi connectivity index (χ1) is 15.5. The highest BCUT2D eigenvalue weighted by atomic mass is 127. The molecule has 0 saturated carbocycles. The van der Waals surface area contributed by atoms with Crippen LogP contribution in [0.1, 0.15) is 31.0 Å². The monoisotopic (exact) mass is 564 g/mol. The molecule has 33 heavy (non-hydrogen) atoms. The number of carbonyl (C=O) groups excluding carboxylic acids is 1. The zero-order valence-electron chi connectivity index (χ0n) is 19.9. The molecule has 8 heteroatoms. The number of piperidine rings is 1. The van der Waals surface area contributed by atoms with Crippen molar-refractivity contribution in [3.8, 4) is 0 Å². The van der Waals surface area contributed by atoms with Gasteiger partial charge in [-0.05, 0) is 37.5 Å². The molecule has 0 bridgehead atoms. The Hall–Kier alpha value is -2.20. The molecule has 0 spiro atoms. The summed E-state index contributed by atoms with van der Waals surface area (Å²) < 4.78 is 0. The molecular formula is C25H37IN6O. The zero-order valence-corrected chi connectivity index (χ0v) is 22.2. The maximum Gasteiger partial charge on any atom is 0.241 e. The van der Waals surface area contributed by atoms with Crippen LogP contribution in [0.25, 0.3) is 0 Å². The summed E-state index contributed by atoms with van der Waals surface area (Å²) in [5.74, 6) is 0.722. The van der Waals surface area contributed by atoms with E-state index in [1.807, 2.05) is 25.2 Å². The Morgan fingerprint density at radius 1 is 1.21 bits per heavy atom. The fourth-order valence-corrected chi connectivity index (χ4v) is 4.04. The molecule has 7 nitrogen and oxygen atoms in total. The molecule has 3 rings (SSSR count). The number of likely N-dealkylation sites (N-methyl/N-ethyl adjacent to an activating group) is 1. The lowest BCUT2D eigenvalue weighted by atomic mass is 9.97. The van der Waals surface area contributed by atoms with Gasteiger partial charge in [0, 0.05) is 64.1 Å². The number of nitrogens with one attached hydrogen (secondary N) is 2. The van der Waals surface area contributed by atoms with Crippen molar-refractivity contribution in [3.05, 3.63) is 66.0 Å². The van der Waals surface area contributed by atoms with Crippen molar-refractivity contribution in [1.29, 1.82) is 0 Å². The Kier molecular flexibility index (Phi) is 11.6. The molecule has 1 saturated heterocycles. The van der Waals surface area contributed by atoms with E-state index in [0.717, 1.165) is 38.0 Å². The highest BCUT2D eigenvalue weighted by Gasteiger charge is 2.26. The van der Waals surface area contributed by atoms with Crippen LogP contribution in [-0.4, -0.2) is 72.5 Å². The number of halogens is 1. The number of aromatic nitrogens is 1. The number of likely N-dealkylation sites (tertiary alicyclic amines) is 1. The summed E-state index contributed by atoms with van der Waals surface area (Å²) in [4.78, 5) is 25.4. The minimum absolute atomic E-state index is 0. The number of guanidine groups is 1. The second-order valence-corrected chi connectivity index (χ2v) is 8.48. The first-order valence-electron chi connectivity index (χ1n) is 11.4. The molecule has 2 heterocycles. The highest BCUT2D eigenvalue weighted by Crippen LogP contribution is 2.19. The van der Waals surface area contributed by atoms with Gasteiger partial charge in [-0.2, -0.15) is 0 Å². The number of nitrogens with zero attached hydrogens (tertiary/aromatic N) is 4. The lowest BCUT2D eigenvalue weighted by Gasteiger charge is -2.38. The minimum atomic E-state index is 0. The van der Waals surface area contributed by atoms with E-state index in [1.165, 1.54) is 5.56 Å². The SMILES string of the molecule is CN=C(NCC(=O)N(C)CCc1ccccn1)NC1CCN(Cc2ccccc2)C(C)C1.I. The van der Waals surface area contributed by atoms with Crippen LogP contribution in [0.4, 0.5) is 0 Å². The number of rotatable bonds is 8. The average Bonchev–Trinajstić information content (AvgIpc) is 2.83. The number of pyridine rings is 1. The lowest BCUT2D eigenvalue weighted by molar-refractivity contribution is -0.128. The summed E-state index contributed by atoms with van der Waals surface area (Å²) in [6.07, 6.45) is 4.62. The topological polar surface area (TPSA) is 72.9 Å². The van der Waals surface area contributed by atoms with E-state index in [1.54, 1.807) is 18.1 Å². The number of hydrogen-bond donors (Lipinski definition) is 2. The van der Waals surface area contributed by atoms with Gasteiger partial charge in [0.2, 0.25) is 5.91 Å². The van der Waals surface area contributed by atoms with Crippen LogP contribution in [0, 0.1) is 0 Å². The molecule has 1 aromatic carbocycles. The van der Waals surface area contributed by atoms with Crippen molar-refractivity contribution in [2.75, 3.05) is 33.7 Å². The van der Waals surface area contributed by atoms with E-state index in [0.29, 0.717) is 24.6 Å². The third-order valence-corrected chi connectivity index (χ3v) is 6.07. The van der Waals surface area contributed by atoms with E-state index in [9.17, 15) is 4.79 Å². The fraction of sp³-hybridized carbons (Fsp3) is 0.480. The van der Waals surface area contributed by atoms with Gasteiger partial charge in [-0.3, -0.25) is 19.7 Å². The molecule has 2 atom stereocenters. The van der Waals surface area contributed by atoms with Gasteiger partial charge in [-0.25, -0.2) is 0 Å². The van der Waals surface area contributed by atoms with Gasteiger partial charge in [0.05, 0.1) is 6.54 Å². The van der Waals surface area contributed by atoms with Gasteiger partial charge >= 0.3 is 0 Å². The number of hydrogen-bond acceptors (Lipinski definition) is 4.